The SMILES string of the molecule is CC(C(=O)OCCc1ccccc1)c1cnc[nH]1. The first kappa shape index (κ1) is 12.4. The molecule has 0 aliphatic rings. The molecule has 1 heterocycles. The summed E-state index contributed by atoms with van der Waals surface area (Å²) >= 11 is 0. The number of nitrogens with one attached hydrogen (secondary N) is 1. The van der Waals surface area contributed by atoms with E-state index in [1.165, 1.54) is 5.56 Å². The predicted octanol–water partition coefficient (Wildman–Crippen LogP) is 2.30. The Morgan fingerprint density at radius 1 is 1.39 bits per heavy atom. The van der Waals surface area contributed by atoms with Gasteiger partial charge in [0.2, 0.25) is 0 Å². The minimum Gasteiger partial charge on any atom is -0.465 e. The van der Waals surface area contributed by atoms with Crippen molar-refractivity contribution < 1.29 is 9.53 Å². The van der Waals surface area contributed by atoms with Crippen LogP contribution in [0.4, 0.5) is 0 Å². The van der Waals surface area contributed by atoms with E-state index in [9.17, 15) is 4.79 Å². The minimum atomic E-state index is -0.303. The zero-order valence-corrected chi connectivity index (χ0v) is 10.3. The van der Waals surface area contributed by atoms with Gasteiger partial charge in [0, 0.05) is 18.3 Å². The Kier molecular flexibility index (Phi) is 4.12. The van der Waals surface area contributed by atoms with Crippen molar-refractivity contribution in [1.82, 2.24) is 9.97 Å². The number of rotatable bonds is 5. The smallest absolute Gasteiger partial charge is 0.314 e. The fourth-order valence-corrected chi connectivity index (χ4v) is 1.67. The largest absolute Gasteiger partial charge is 0.465 e. The Bertz CT molecular complexity index is 480. The van der Waals surface area contributed by atoms with Gasteiger partial charge >= 0.3 is 5.97 Å². The van der Waals surface area contributed by atoms with Crippen LogP contribution >= 0.6 is 0 Å². The van der Waals surface area contributed by atoms with Crippen molar-refractivity contribution in [2.24, 2.45) is 0 Å². The number of ether oxygens (including phenoxy) is 1. The number of imidazole rings is 1. The summed E-state index contributed by atoms with van der Waals surface area (Å²) in [5, 5.41) is 0. The van der Waals surface area contributed by atoms with Gasteiger partial charge in [0.05, 0.1) is 18.9 Å². The molecule has 0 saturated heterocycles. The molecule has 1 aromatic heterocycles. The third kappa shape index (κ3) is 3.20. The van der Waals surface area contributed by atoms with Crippen molar-refractivity contribution in [3.05, 3.63) is 54.1 Å². The second-order valence-electron chi connectivity index (χ2n) is 4.13. The number of H-pyrrole nitrogens is 1. The van der Waals surface area contributed by atoms with E-state index in [1.807, 2.05) is 30.3 Å². The van der Waals surface area contributed by atoms with Crippen molar-refractivity contribution in [3.8, 4) is 0 Å². The summed E-state index contributed by atoms with van der Waals surface area (Å²) in [5.41, 5.74) is 1.94. The topological polar surface area (TPSA) is 55.0 Å². The lowest BCUT2D eigenvalue weighted by molar-refractivity contribution is -0.145. The van der Waals surface area contributed by atoms with Crippen LogP contribution in [-0.4, -0.2) is 22.5 Å². The Morgan fingerprint density at radius 2 is 2.17 bits per heavy atom. The molecule has 0 fully saturated rings. The maximum Gasteiger partial charge on any atom is 0.314 e. The number of carbonyl (C=O) groups excluding carboxylic acids is 1. The zero-order valence-electron chi connectivity index (χ0n) is 10.3. The van der Waals surface area contributed by atoms with Gasteiger partial charge in [0.1, 0.15) is 0 Å². The molecule has 94 valence electrons. The molecule has 0 aliphatic heterocycles. The van der Waals surface area contributed by atoms with Crippen molar-refractivity contribution in [2.75, 3.05) is 6.61 Å². The first-order chi connectivity index (χ1) is 8.77. The highest BCUT2D eigenvalue weighted by Gasteiger charge is 2.17. The molecule has 1 atom stereocenters. The molecule has 1 N–H and O–H groups in total. The molecule has 0 bridgehead atoms. The Hall–Kier alpha value is -2.10. The molecule has 0 amide bonds. The predicted molar refractivity (Wildman–Crippen MR) is 68.1 cm³/mol. The van der Waals surface area contributed by atoms with Crippen LogP contribution in [0.2, 0.25) is 0 Å². The Balaban J connectivity index is 1.79. The average molecular weight is 244 g/mol. The standard InChI is InChI=1S/C14H16N2O2/c1-11(13-9-15-10-16-13)14(17)18-8-7-12-5-3-2-4-6-12/h2-6,9-11H,7-8H2,1H3,(H,15,16). The van der Waals surface area contributed by atoms with Gasteiger partial charge in [0.25, 0.3) is 0 Å². The summed E-state index contributed by atoms with van der Waals surface area (Å²) in [5.74, 6) is -0.529. The van der Waals surface area contributed by atoms with Gasteiger partial charge in [0.15, 0.2) is 0 Å². The third-order valence-corrected chi connectivity index (χ3v) is 2.82. The van der Waals surface area contributed by atoms with E-state index in [-0.39, 0.29) is 11.9 Å². The van der Waals surface area contributed by atoms with E-state index >= 15 is 0 Å². The lowest BCUT2D eigenvalue weighted by atomic mass is 10.1. The number of aromatic nitrogens is 2. The van der Waals surface area contributed by atoms with E-state index in [0.29, 0.717) is 6.61 Å². The molecule has 18 heavy (non-hydrogen) atoms. The molecule has 1 unspecified atom stereocenters. The number of hydrogen-bond acceptors (Lipinski definition) is 3. The van der Waals surface area contributed by atoms with Gasteiger partial charge < -0.3 is 9.72 Å². The van der Waals surface area contributed by atoms with Gasteiger partial charge in [-0.3, -0.25) is 4.79 Å². The molecular weight excluding hydrogens is 228 g/mol. The quantitative estimate of drug-likeness (QED) is 0.821. The molecule has 4 nitrogen and oxygen atoms in total. The first-order valence-electron chi connectivity index (χ1n) is 5.96. The molecule has 1 aromatic carbocycles. The molecule has 4 heteroatoms. The number of benzene rings is 1. The van der Waals surface area contributed by atoms with Crippen molar-refractivity contribution >= 4 is 5.97 Å². The number of aromatic amines is 1. The van der Waals surface area contributed by atoms with Crippen LogP contribution in [0.25, 0.3) is 0 Å². The normalized spacial score (nSPS) is 12.1. The molecule has 2 aromatic rings. The maximum atomic E-state index is 11.8. The molecular formula is C14H16N2O2. The molecule has 0 aliphatic carbocycles. The van der Waals surface area contributed by atoms with Crippen LogP contribution in [0.15, 0.2) is 42.9 Å². The molecule has 0 spiro atoms. The molecule has 0 saturated carbocycles. The maximum absolute atomic E-state index is 11.8. The van der Waals surface area contributed by atoms with E-state index in [1.54, 1.807) is 19.4 Å². The molecule has 2 rings (SSSR count). The van der Waals surface area contributed by atoms with Gasteiger partial charge in [-0.05, 0) is 12.5 Å². The van der Waals surface area contributed by atoms with E-state index in [0.717, 1.165) is 12.1 Å². The summed E-state index contributed by atoms with van der Waals surface area (Å²) in [7, 11) is 0. The number of nitrogens with zero attached hydrogens (tertiary/aromatic N) is 1. The number of carbonyl (C=O) groups is 1. The van der Waals surface area contributed by atoms with Crippen molar-refractivity contribution in [2.45, 2.75) is 19.3 Å². The van der Waals surface area contributed by atoms with E-state index in [2.05, 4.69) is 9.97 Å². The van der Waals surface area contributed by atoms with Crippen LogP contribution in [0.5, 0.6) is 0 Å². The Morgan fingerprint density at radius 3 is 2.83 bits per heavy atom. The fraction of sp³-hybridized carbons (Fsp3) is 0.286. The summed E-state index contributed by atoms with van der Waals surface area (Å²) in [4.78, 5) is 18.6. The molecule has 0 radical (unpaired) electrons. The zero-order chi connectivity index (χ0) is 12.8. The lowest BCUT2D eigenvalue weighted by Gasteiger charge is -2.09. The monoisotopic (exact) mass is 244 g/mol. The summed E-state index contributed by atoms with van der Waals surface area (Å²) in [6.45, 7) is 2.21. The van der Waals surface area contributed by atoms with E-state index in [4.69, 9.17) is 4.74 Å². The lowest BCUT2D eigenvalue weighted by Crippen LogP contribution is -2.15. The fourth-order valence-electron chi connectivity index (χ4n) is 1.67. The summed E-state index contributed by atoms with van der Waals surface area (Å²) < 4.78 is 5.24. The van der Waals surface area contributed by atoms with Gasteiger partial charge in [-0.2, -0.15) is 0 Å². The average Bonchev–Trinajstić information content (AvgIpc) is 2.93. The van der Waals surface area contributed by atoms with Crippen LogP contribution in [0.1, 0.15) is 24.1 Å². The van der Waals surface area contributed by atoms with Gasteiger partial charge in [-0.1, -0.05) is 30.3 Å². The van der Waals surface area contributed by atoms with Gasteiger partial charge in [-0.25, -0.2) is 4.98 Å². The Labute approximate surface area is 106 Å². The second-order valence-corrected chi connectivity index (χ2v) is 4.13. The van der Waals surface area contributed by atoms with Crippen molar-refractivity contribution in [3.63, 3.8) is 0 Å². The number of esters is 1. The highest BCUT2D eigenvalue weighted by Crippen LogP contribution is 2.13. The van der Waals surface area contributed by atoms with Crippen LogP contribution < -0.4 is 0 Å². The van der Waals surface area contributed by atoms with Gasteiger partial charge in [-0.15, -0.1) is 0 Å². The highest BCUT2D eigenvalue weighted by atomic mass is 16.5. The number of hydrogen-bond donors (Lipinski definition) is 1. The summed E-state index contributed by atoms with van der Waals surface area (Å²) in [6, 6.07) is 9.96. The first-order valence-corrected chi connectivity index (χ1v) is 5.96. The van der Waals surface area contributed by atoms with Crippen LogP contribution in [-0.2, 0) is 16.0 Å². The third-order valence-electron chi connectivity index (χ3n) is 2.82. The second kappa shape index (κ2) is 6.00. The van der Waals surface area contributed by atoms with Crippen LogP contribution in [0, 0.1) is 0 Å². The highest BCUT2D eigenvalue weighted by molar-refractivity contribution is 5.76. The minimum absolute atomic E-state index is 0.227. The van der Waals surface area contributed by atoms with E-state index < -0.39 is 0 Å². The van der Waals surface area contributed by atoms with Crippen LogP contribution in [0.3, 0.4) is 0 Å². The summed E-state index contributed by atoms with van der Waals surface area (Å²) in [6.07, 6.45) is 3.94. The van der Waals surface area contributed by atoms with Crippen molar-refractivity contribution in [1.29, 1.82) is 0 Å².